The summed E-state index contributed by atoms with van der Waals surface area (Å²) < 4.78 is 0. The van der Waals surface area contributed by atoms with Crippen LogP contribution in [0, 0.1) is 0 Å². The third kappa shape index (κ3) is 5.35. The highest BCUT2D eigenvalue weighted by atomic mass is 32.2. The molecule has 1 aromatic carbocycles. The molecule has 0 atom stereocenters. The van der Waals surface area contributed by atoms with Gasteiger partial charge in [0.25, 0.3) is 5.91 Å². The fraction of sp³-hybridized carbons (Fsp3) is 0.368. The Bertz CT molecular complexity index is 640. The van der Waals surface area contributed by atoms with Crippen LogP contribution in [0.3, 0.4) is 0 Å². The summed E-state index contributed by atoms with van der Waals surface area (Å²) in [4.78, 5) is 17.4. The summed E-state index contributed by atoms with van der Waals surface area (Å²) >= 11 is 1.71. The number of carbonyl (C=O) groups is 1. The van der Waals surface area contributed by atoms with E-state index in [4.69, 9.17) is 0 Å². The Balaban J connectivity index is 1.88. The second-order valence-corrected chi connectivity index (χ2v) is 6.84. The number of hydrogen-bond donors (Lipinski definition) is 2. The summed E-state index contributed by atoms with van der Waals surface area (Å²) in [6, 6.07) is 11.5. The maximum absolute atomic E-state index is 12.2. The van der Waals surface area contributed by atoms with Crippen molar-refractivity contribution in [3.8, 4) is 0 Å². The molecule has 0 saturated carbocycles. The SMILES string of the molecule is CCC(O)(CC)CNC(=O)c1ccc(SCc2cccnc2)cc1. The average molecular weight is 344 g/mol. The molecular weight excluding hydrogens is 320 g/mol. The van der Waals surface area contributed by atoms with E-state index in [1.165, 1.54) is 5.56 Å². The van der Waals surface area contributed by atoms with Gasteiger partial charge in [0, 0.05) is 35.2 Å². The fourth-order valence-corrected chi connectivity index (χ4v) is 3.03. The Morgan fingerprint density at radius 3 is 2.50 bits per heavy atom. The number of hydrogen-bond acceptors (Lipinski definition) is 4. The van der Waals surface area contributed by atoms with Gasteiger partial charge in [0.1, 0.15) is 0 Å². The molecule has 0 saturated heterocycles. The molecule has 5 heteroatoms. The lowest BCUT2D eigenvalue weighted by Crippen LogP contribution is -2.42. The van der Waals surface area contributed by atoms with Crippen molar-refractivity contribution in [2.24, 2.45) is 0 Å². The lowest BCUT2D eigenvalue weighted by Gasteiger charge is -2.25. The fourth-order valence-electron chi connectivity index (χ4n) is 2.20. The largest absolute Gasteiger partial charge is 0.388 e. The van der Waals surface area contributed by atoms with Crippen molar-refractivity contribution in [1.82, 2.24) is 10.3 Å². The van der Waals surface area contributed by atoms with Crippen molar-refractivity contribution in [1.29, 1.82) is 0 Å². The van der Waals surface area contributed by atoms with Crippen LogP contribution < -0.4 is 5.32 Å². The molecule has 0 radical (unpaired) electrons. The Labute approximate surface area is 147 Å². The number of aliphatic hydroxyl groups is 1. The van der Waals surface area contributed by atoms with E-state index in [1.54, 1.807) is 18.0 Å². The first-order valence-corrected chi connectivity index (χ1v) is 9.17. The molecule has 24 heavy (non-hydrogen) atoms. The van der Waals surface area contributed by atoms with Gasteiger partial charge >= 0.3 is 0 Å². The topological polar surface area (TPSA) is 62.2 Å². The van der Waals surface area contributed by atoms with E-state index in [2.05, 4.69) is 10.3 Å². The molecule has 0 bridgehead atoms. The zero-order valence-electron chi connectivity index (χ0n) is 14.2. The van der Waals surface area contributed by atoms with Crippen LogP contribution >= 0.6 is 11.8 Å². The van der Waals surface area contributed by atoms with Crippen molar-refractivity contribution in [2.75, 3.05) is 6.54 Å². The number of thioether (sulfide) groups is 1. The lowest BCUT2D eigenvalue weighted by atomic mass is 9.97. The van der Waals surface area contributed by atoms with Crippen LogP contribution in [-0.2, 0) is 5.75 Å². The zero-order chi connectivity index (χ0) is 17.4. The molecule has 1 amide bonds. The van der Waals surface area contributed by atoms with E-state index in [-0.39, 0.29) is 12.5 Å². The van der Waals surface area contributed by atoms with Crippen molar-refractivity contribution in [3.63, 3.8) is 0 Å². The van der Waals surface area contributed by atoms with E-state index >= 15 is 0 Å². The summed E-state index contributed by atoms with van der Waals surface area (Å²) in [6.45, 7) is 4.12. The van der Waals surface area contributed by atoms with Gasteiger partial charge in [-0.05, 0) is 48.7 Å². The summed E-state index contributed by atoms with van der Waals surface area (Å²) in [6.07, 6.45) is 4.86. The van der Waals surface area contributed by atoms with E-state index in [9.17, 15) is 9.90 Å². The van der Waals surface area contributed by atoms with Crippen LogP contribution in [0.25, 0.3) is 0 Å². The number of nitrogens with zero attached hydrogens (tertiary/aromatic N) is 1. The standard InChI is InChI=1S/C19H24N2O2S/c1-3-19(23,4-2)14-21-18(22)16-7-9-17(10-8-16)24-13-15-6-5-11-20-12-15/h5-12,23H,3-4,13-14H2,1-2H3,(H,21,22). The highest BCUT2D eigenvalue weighted by molar-refractivity contribution is 7.98. The van der Waals surface area contributed by atoms with Gasteiger partial charge in [-0.3, -0.25) is 9.78 Å². The average Bonchev–Trinajstić information content (AvgIpc) is 2.65. The number of aromatic nitrogens is 1. The van der Waals surface area contributed by atoms with E-state index < -0.39 is 5.60 Å². The molecule has 0 aliphatic rings. The van der Waals surface area contributed by atoms with Crippen molar-refractivity contribution < 1.29 is 9.90 Å². The molecule has 128 valence electrons. The van der Waals surface area contributed by atoms with Crippen LogP contribution in [-0.4, -0.2) is 28.1 Å². The second kappa shape index (κ2) is 8.85. The van der Waals surface area contributed by atoms with Gasteiger partial charge in [-0.25, -0.2) is 0 Å². The molecule has 2 aromatic rings. The summed E-state index contributed by atoms with van der Waals surface area (Å²) in [5.41, 5.74) is 0.952. The van der Waals surface area contributed by atoms with Gasteiger partial charge in [0.15, 0.2) is 0 Å². The molecule has 0 aliphatic carbocycles. The number of rotatable bonds is 8. The third-order valence-electron chi connectivity index (χ3n) is 4.14. The first kappa shape index (κ1) is 18.5. The molecule has 0 spiro atoms. The van der Waals surface area contributed by atoms with Crippen LogP contribution in [0.15, 0.2) is 53.7 Å². The van der Waals surface area contributed by atoms with Gasteiger partial charge in [-0.15, -0.1) is 11.8 Å². The van der Waals surface area contributed by atoms with Gasteiger partial charge in [-0.1, -0.05) is 19.9 Å². The summed E-state index contributed by atoms with van der Waals surface area (Å²) in [5, 5.41) is 13.0. The number of carbonyl (C=O) groups excluding carboxylic acids is 1. The van der Waals surface area contributed by atoms with Crippen molar-refractivity contribution in [3.05, 3.63) is 59.9 Å². The van der Waals surface area contributed by atoms with Crippen molar-refractivity contribution >= 4 is 17.7 Å². The molecule has 0 fully saturated rings. The monoisotopic (exact) mass is 344 g/mol. The van der Waals surface area contributed by atoms with Crippen LogP contribution in [0.5, 0.6) is 0 Å². The molecule has 0 unspecified atom stereocenters. The molecule has 1 heterocycles. The molecule has 2 N–H and O–H groups in total. The molecule has 4 nitrogen and oxygen atoms in total. The van der Waals surface area contributed by atoms with Crippen LogP contribution in [0.1, 0.15) is 42.6 Å². The summed E-state index contributed by atoms with van der Waals surface area (Å²) in [7, 11) is 0. The lowest BCUT2D eigenvalue weighted by molar-refractivity contribution is 0.0314. The number of benzene rings is 1. The zero-order valence-corrected chi connectivity index (χ0v) is 15.0. The normalized spacial score (nSPS) is 11.3. The minimum atomic E-state index is -0.824. The van der Waals surface area contributed by atoms with E-state index in [0.29, 0.717) is 18.4 Å². The first-order valence-electron chi connectivity index (χ1n) is 8.18. The number of nitrogens with one attached hydrogen (secondary N) is 1. The highest BCUT2D eigenvalue weighted by Crippen LogP contribution is 2.22. The minimum absolute atomic E-state index is 0.154. The number of pyridine rings is 1. The van der Waals surface area contributed by atoms with Crippen molar-refractivity contribution in [2.45, 2.75) is 42.9 Å². The Morgan fingerprint density at radius 2 is 1.92 bits per heavy atom. The maximum atomic E-state index is 12.2. The molecule has 0 aliphatic heterocycles. The van der Waals surface area contributed by atoms with Gasteiger partial charge in [-0.2, -0.15) is 0 Å². The highest BCUT2D eigenvalue weighted by Gasteiger charge is 2.22. The Morgan fingerprint density at radius 1 is 1.21 bits per heavy atom. The quantitative estimate of drug-likeness (QED) is 0.718. The van der Waals surface area contributed by atoms with E-state index in [0.717, 1.165) is 10.6 Å². The van der Waals surface area contributed by atoms with Gasteiger partial charge in [0.2, 0.25) is 0 Å². The predicted octanol–water partition coefficient (Wildman–Crippen LogP) is 3.65. The smallest absolute Gasteiger partial charge is 0.251 e. The molecule has 1 aromatic heterocycles. The predicted molar refractivity (Wildman–Crippen MR) is 98.1 cm³/mol. The van der Waals surface area contributed by atoms with Gasteiger partial charge in [0.05, 0.1) is 5.60 Å². The molecule has 2 rings (SSSR count). The second-order valence-electron chi connectivity index (χ2n) is 5.79. The minimum Gasteiger partial charge on any atom is -0.388 e. The van der Waals surface area contributed by atoms with E-state index in [1.807, 2.05) is 56.4 Å². The Kier molecular flexibility index (Phi) is 6.82. The number of amides is 1. The maximum Gasteiger partial charge on any atom is 0.251 e. The first-order chi connectivity index (χ1) is 11.6. The Hall–Kier alpha value is -1.85. The molecular formula is C19H24N2O2S. The summed E-state index contributed by atoms with van der Waals surface area (Å²) in [5.74, 6) is 0.693. The van der Waals surface area contributed by atoms with Crippen LogP contribution in [0.4, 0.5) is 0 Å². The van der Waals surface area contributed by atoms with Crippen LogP contribution in [0.2, 0.25) is 0 Å². The third-order valence-corrected chi connectivity index (χ3v) is 5.22. The van der Waals surface area contributed by atoms with Gasteiger partial charge < -0.3 is 10.4 Å².